The van der Waals surface area contributed by atoms with E-state index in [0.717, 1.165) is 24.0 Å². The maximum Gasteiger partial charge on any atom is 0.243 e. The molecule has 1 aromatic rings. The van der Waals surface area contributed by atoms with Crippen LogP contribution in [-0.4, -0.2) is 37.5 Å². The van der Waals surface area contributed by atoms with Gasteiger partial charge in [0.15, 0.2) is 0 Å². The van der Waals surface area contributed by atoms with Gasteiger partial charge in [0, 0.05) is 25.4 Å². The molecule has 1 heterocycles. The Kier molecular flexibility index (Phi) is 4.36. The van der Waals surface area contributed by atoms with Gasteiger partial charge in [-0.2, -0.15) is 4.31 Å². The summed E-state index contributed by atoms with van der Waals surface area (Å²) in [4.78, 5) is 0.247. The number of anilines is 1. The van der Waals surface area contributed by atoms with Crippen molar-refractivity contribution in [1.82, 2.24) is 4.31 Å². The first-order valence-corrected chi connectivity index (χ1v) is 8.28. The van der Waals surface area contributed by atoms with Gasteiger partial charge in [-0.1, -0.05) is 0 Å². The second kappa shape index (κ2) is 5.71. The van der Waals surface area contributed by atoms with Crippen LogP contribution in [0.25, 0.3) is 0 Å². The molecule has 1 aliphatic heterocycles. The van der Waals surface area contributed by atoms with E-state index in [9.17, 15) is 13.5 Å². The van der Waals surface area contributed by atoms with Gasteiger partial charge in [-0.15, -0.1) is 0 Å². The predicted octanol–water partition coefficient (Wildman–Crippen LogP) is 1.28. The van der Waals surface area contributed by atoms with Crippen molar-refractivity contribution in [2.45, 2.75) is 31.6 Å². The van der Waals surface area contributed by atoms with Crippen molar-refractivity contribution in [1.29, 1.82) is 0 Å². The highest BCUT2D eigenvalue weighted by atomic mass is 32.2. The molecule has 1 fully saturated rings. The van der Waals surface area contributed by atoms with Crippen LogP contribution in [0.15, 0.2) is 17.0 Å². The molecule has 0 aliphatic carbocycles. The number of aliphatic hydroxyl groups excluding tert-OH is 1. The second-order valence-corrected chi connectivity index (χ2v) is 7.45. The van der Waals surface area contributed by atoms with E-state index in [2.05, 4.69) is 0 Å². The van der Waals surface area contributed by atoms with E-state index in [1.54, 1.807) is 6.07 Å². The molecule has 3 N–H and O–H groups in total. The number of hydrogen-bond acceptors (Lipinski definition) is 4. The molecule has 0 saturated carbocycles. The lowest BCUT2D eigenvalue weighted by Gasteiger charge is -2.31. The highest BCUT2D eigenvalue weighted by Crippen LogP contribution is 2.27. The Morgan fingerprint density at radius 2 is 2.10 bits per heavy atom. The minimum Gasteiger partial charge on any atom is -0.398 e. The molecule has 1 aliphatic rings. The fourth-order valence-corrected chi connectivity index (χ4v) is 4.22. The molecule has 1 aromatic carbocycles. The third-order valence-electron chi connectivity index (χ3n) is 4.06. The monoisotopic (exact) mass is 298 g/mol. The van der Waals surface area contributed by atoms with Gasteiger partial charge < -0.3 is 10.8 Å². The van der Waals surface area contributed by atoms with Gasteiger partial charge in [-0.3, -0.25) is 0 Å². The van der Waals surface area contributed by atoms with Gasteiger partial charge >= 0.3 is 0 Å². The summed E-state index contributed by atoms with van der Waals surface area (Å²) in [5.41, 5.74) is 8.16. The fraction of sp³-hybridized carbons (Fsp3) is 0.571. The van der Waals surface area contributed by atoms with Crippen LogP contribution in [0.4, 0.5) is 5.69 Å². The predicted molar refractivity (Wildman–Crippen MR) is 78.9 cm³/mol. The van der Waals surface area contributed by atoms with Gasteiger partial charge in [0.2, 0.25) is 10.0 Å². The van der Waals surface area contributed by atoms with Crippen LogP contribution in [0, 0.1) is 19.8 Å². The fourth-order valence-electron chi connectivity index (χ4n) is 2.54. The number of nitrogen functional groups attached to an aromatic ring is 1. The molecule has 1 unspecified atom stereocenters. The van der Waals surface area contributed by atoms with Crippen molar-refractivity contribution in [3.63, 3.8) is 0 Å². The van der Waals surface area contributed by atoms with Crippen LogP contribution in [0.5, 0.6) is 0 Å². The highest BCUT2D eigenvalue weighted by molar-refractivity contribution is 7.89. The molecule has 1 atom stereocenters. The number of piperidine rings is 1. The molecular formula is C14H22N2O3S. The number of sulfonamides is 1. The maximum atomic E-state index is 12.7. The molecule has 2 rings (SSSR count). The van der Waals surface area contributed by atoms with Crippen molar-refractivity contribution in [3.8, 4) is 0 Å². The Morgan fingerprint density at radius 1 is 1.40 bits per heavy atom. The Morgan fingerprint density at radius 3 is 2.70 bits per heavy atom. The van der Waals surface area contributed by atoms with E-state index in [-0.39, 0.29) is 17.4 Å². The molecule has 0 bridgehead atoms. The van der Waals surface area contributed by atoms with Gasteiger partial charge in [-0.25, -0.2) is 8.42 Å². The SMILES string of the molecule is Cc1cc(S(=O)(=O)N2CCCC(CO)C2)cc(N)c1C. The van der Waals surface area contributed by atoms with Crippen LogP contribution in [0.1, 0.15) is 24.0 Å². The minimum absolute atomic E-state index is 0.0289. The number of nitrogens with two attached hydrogens (primary N) is 1. The number of hydrogen-bond donors (Lipinski definition) is 2. The number of rotatable bonds is 3. The lowest BCUT2D eigenvalue weighted by Crippen LogP contribution is -2.40. The summed E-state index contributed by atoms with van der Waals surface area (Å²) in [6.07, 6.45) is 1.66. The van der Waals surface area contributed by atoms with Gasteiger partial charge in [0.25, 0.3) is 0 Å². The standard InChI is InChI=1S/C14H22N2O3S/c1-10-6-13(7-14(15)11(10)2)20(18,19)16-5-3-4-12(8-16)9-17/h6-7,12,17H,3-5,8-9,15H2,1-2H3. The third-order valence-corrected chi connectivity index (χ3v) is 5.90. The Labute approximate surface area is 120 Å². The number of aliphatic hydroxyl groups is 1. The summed E-state index contributed by atoms with van der Waals surface area (Å²) in [6.45, 7) is 4.65. The first-order valence-electron chi connectivity index (χ1n) is 6.84. The molecule has 1 saturated heterocycles. The molecule has 0 spiro atoms. The Hall–Kier alpha value is -1.11. The summed E-state index contributed by atoms with van der Waals surface area (Å²) < 4.78 is 26.8. The number of aryl methyl sites for hydroxylation is 1. The summed E-state index contributed by atoms with van der Waals surface area (Å²) in [5, 5.41) is 9.23. The van der Waals surface area contributed by atoms with Crippen LogP contribution in [-0.2, 0) is 10.0 Å². The normalized spacial score (nSPS) is 21.1. The van der Waals surface area contributed by atoms with Crippen molar-refractivity contribution in [2.24, 2.45) is 5.92 Å². The summed E-state index contributed by atoms with van der Waals surface area (Å²) >= 11 is 0. The highest BCUT2D eigenvalue weighted by Gasteiger charge is 2.30. The lowest BCUT2D eigenvalue weighted by atomic mass is 10.0. The molecule has 5 nitrogen and oxygen atoms in total. The first-order chi connectivity index (χ1) is 9.36. The van der Waals surface area contributed by atoms with Crippen LogP contribution in [0.2, 0.25) is 0 Å². The van der Waals surface area contributed by atoms with E-state index in [1.807, 2.05) is 13.8 Å². The Balaban J connectivity index is 2.35. The van der Waals surface area contributed by atoms with E-state index < -0.39 is 10.0 Å². The summed E-state index contributed by atoms with van der Waals surface area (Å²) in [6, 6.07) is 3.20. The van der Waals surface area contributed by atoms with Crippen molar-refractivity contribution < 1.29 is 13.5 Å². The number of benzene rings is 1. The molecule has 0 aromatic heterocycles. The van der Waals surface area contributed by atoms with Crippen LogP contribution >= 0.6 is 0 Å². The van der Waals surface area contributed by atoms with Crippen molar-refractivity contribution in [2.75, 3.05) is 25.4 Å². The first kappa shape index (κ1) is 15.3. The zero-order chi connectivity index (χ0) is 14.9. The smallest absolute Gasteiger partial charge is 0.243 e. The lowest BCUT2D eigenvalue weighted by molar-refractivity contribution is 0.165. The van der Waals surface area contributed by atoms with E-state index >= 15 is 0 Å². The second-order valence-electron chi connectivity index (χ2n) is 5.51. The van der Waals surface area contributed by atoms with Crippen LogP contribution < -0.4 is 5.73 Å². The zero-order valence-corrected chi connectivity index (χ0v) is 12.8. The molecule has 0 radical (unpaired) electrons. The topological polar surface area (TPSA) is 83.6 Å². The third kappa shape index (κ3) is 2.82. The zero-order valence-electron chi connectivity index (χ0n) is 12.0. The van der Waals surface area contributed by atoms with Crippen LogP contribution in [0.3, 0.4) is 0 Å². The van der Waals surface area contributed by atoms with Gasteiger partial charge in [0.05, 0.1) is 4.90 Å². The maximum absolute atomic E-state index is 12.7. The quantitative estimate of drug-likeness (QED) is 0.823. The van der Waals surface area contributed by atoms with E-state index in [1.165, 1.54) is 10.4 Å². The van der Waals surface area contributed by atoms with E-state index in [0.29, 0.717) is 18.8 Å². The minimum atomic E-state index is -3.52. The molecule has 20 heavy (non-hydrogen) atoms. The largest absolute Gasteiger partial charge is 0.398 e. The molecule has 112 valence electrons. The summed E-state index contributed by atoms with van der Waals surface area (Å²) in [7, 11) is -3.52. The molecule has 0 amide bonds. The van der Waals surface area contributed by atoms with Crippen molar-refractivity contribution in [3.05, 3.63) is 23.3 Å². The molecular weight excluding hydrogens is 276 g/mol. The molecule has 6 heteroatoms. The number of nitrogens with zero attached hydrogens (tertiary/aromatic N) is 1. The van der Waals surface area contributed by atoms with Gasteiger partial charge in [-0.05, 0) is 55.9 Å². The average Bonchev–Trinajstić information content (AvgIpc) is 2.44. The van der Waals surface area contributed by atoms with Crippen molar-refractivity contribution >= 4 is 15.7 Å². The average molecular weight is 298 g/mol. The van der Waals surface area contributed by atoms with Gasteiger partial charge in [0.1, 0.15) is 0 Å². The van der Waals surface area contributed by atoms with E-state index in [4.69, 9.17) is 5.73 Å². The summed E-state index contributed by atoms with van der Waals surface area (Å²) in [5.74, 6) is 0.0300. The Bertz CT molecular complexity index is 575.